The van der Waals surface area contributed by atoms with Crippen LogP contribution >= 0.6 is 0 Å². The Kier molecular flexibility index (Phi) is 9.43. The molecule has 0 spiro atoms. The summed E-state index contributed by atoms with van der Waals surface area (Å²) in [6.45, 7) is 3.81. The van der Waals surface area contributed by atoms with Gasteiger partial charge in [-0.25, -0.2) is 4.72 Å². The molecule has 1 unspecified atom stereocenters. The van der Waals surface area contributed by atoms with Crippen LogP contribution in [0.4, 0.5) is 0 Å². The highest BCUT2D eigenvalue weighted by molar-refractivity contribution is 7.87. The zero-order valence-electron chi connectivity index (χ0n) is 27.0. The van der Waals surface area contributed by atoms with Crippen LogP contribution in [-0.2, 0) is 28.0 Å². The average Bonchev–Trinajstić information content (AvgIpc) is 3.27. The molecule has 46 heavy (non-hydrogen) atoms. The Hall–Kier alpha value is -3.45. The normalized spacial score (nSPS) is 19.5. The molecule has 3 heterocycles. The van der Waals surface area contributed by atoms with Crippen LogP contribution in [0.5, 0.6) is 5.75 Å². The molecule has 11 nitrogen and oxygen atoms in total. The van der Waals surface area contributed by atoms with E-state index in [0.29, 0.717) is 38.5 Å². The van der Waals surface area contributed by atoms with Crippen LogP contribution in [-0.4, -0.2) is 105 Å². The number of hydrogen-bond donors (Lipinski definition) is 2. The Morgan fingerprint density at radius 3 is 2.43 bits per heavy atom. The Morgan fingerprint density at radius 2 is 1.76 bits per heavy atom. The number of nitrogens with zero attached hydrogens (tertiary/aromatic N) is 4. The average molecular weight is 652 g/mol. The molecule has 1 saturated heterocycles. The lowest BCUT2D eigenvalue weighted by Gasteiger charge is -2.36. The summed E-state index contributed by atoms with van der Waals surface area (Å²) >= 11 is 0. The monoisotopic (exact) mass is 651 g/mol. The van der Waals surface area contributed by atoms with Crippen LogP contribution in [0.15, 0.2) is 36.4 Å². The van der Waals surface area contributed by atoms with E-state index in [1.807, 2.05) is 17.0 Å². The van der Waals surface area contributed by atoms with Gasteiger partial charge in [0.25, 0.3) is 5.91 Å². The standard InChI is InChI=1S/C34H45N5O6S/c1-36(2)46(43,44)35-33(41)24-9-11-29-30(21-24)39-22-26(34(42)38-15-13-37(14-16-38)17-18-40)19-25-20-27(45-3)10-12-28(25)32(39)31(29)23-7-5-4-6-8-23/h9-12,20-21,23,26,40H,4-8,13-19,22H2,1-3H3,(H,35,41). The van der Waals surface area contributed by atoms with E-state index in [1.54, 1.807) is 19.2 Å². The van der Waals surface area contributed by atoms with Crippen molar-refractivity contribution in [3.63, 3.8) is 0 Å². The van der Waals surface area contributed by atoms with E-state index in [2.05, 4.69) is 26.3 Å². The molecule has 0 bridgehead atoms. The van der Waals surface area contributed by atoms with Gasteiger partial charge >= 0.3 is 10.2 Å². The summed E-state index contributed by atoms with van der Waals surface area (Å²) in [6.07, 6.45) is 6.21. The first-order chi connectivity index (χ1) is 22.1. The second-order valence-corrected chi connectivity index (χ2v) is 14.9. The molecule has 248 valence electrons. The predicted octanol–water partition coefficient (Wildman–Crippen LogP) is 3.21. The van der Waals surface area contributed by atoms with Crippen LogP contribution in [0.1, 0.15) is 59.5 Å². The van der Waals surface area contributed by atoms with Crippen molar-refractivity contribution < 1.29 is 27.9 Å². The summed E-state index contributed by atoms with van der Waals surface area (Å²) in [5, 5.41) is 10.4. The quantitative estimate of drug-likeness (QED) is 0.384. The third kappa shape index (κ3) is 6.27. The van der Waals surface area contributed by atoms with Crippen molar-refractivity contribution >= 4 is 32.9 Å². The van der Waals surface area contributed by atoms with Gasteiger partial charge in [-0.1, -0.05) is 25.3 Å². The predicted molar refractivity (Wildman–Crippen MR) is 177 cm³/mol. The van der Waals surface area contributed by atoms with Crippen molar-refractivity contribution in [2.75, 3.05) is 60.5 Å². The third-order valence-electron chi connectivity index (χ3n) is 9.97. The third-order valence-corrected chi connectivity index (χ3v) is 11.4. The molecule has 1 atom stereocenters. The Morgan fingerprint density at radius 1 is 1.02 bits per heavy atom. The number of methoxy groups -OCH3 is 1. The highest BCUT2D eigenvalue weighted by Gasteiger charge is 2.35. The molecule has 1 aromatic heterocycles. The molecule has 2 aromatic carbocycles. The van der Waals surface area contributed by atoms with E-state index in [-0.39, 0.29) is 24.0 Å². The van der Waals surface area contributed by atoms with Crippen molar-refractivity contribution in [3.05, 3.63) is 53.1 Å². The number of carbonyl (C=O) groups is 2. The fourth-order valence-electron chi connectivity index (χ4n) is 7.47. The van der Waals surface area contributed by atoms with Gasteiger partial charge in [-0.15, -0.1) is 0 Å². The van der Waals surface area contributed by atoms with Crippen LogP contribution in [0.2, 0.25) is 0 Å². The minimum absolute atomic E-state index is 0.0947. The first-order valence-corrected chi connectivity index (χ1v) is 17.7. The van der Waals surface area contributed by atoms with E-state index >= 15 is 0 Å². The number of aliphatic hydroxyl groups excluding tert-OH is 1. The zero-order chi connectivity index (χ0) is 32.6. The minimum atomic E-state index is -3.97. The molecule has 2 fully saturated rings. The topological polar surface area (TPSA) is 124 Å². The summed E-state index contributed by atoms with van der Waals surface area (Å²) < 4.78 is 36.0. The number of piperazine rings is 1. The number of ether oxygens (including phenoxy) is 1. The molecule has 1 saturated carbocycles. The Balaban J connectivity index is 1.49. The van der Waals surface area contributed by atoms with Crippen molar-refractivity contribution in [1.29, 1.82) is 0 Å². The number of aliphatic hydroxyl groups is 1. The van der Waals surface area contributed by atoms with Gasteiger partial charge in [0.1, 0.15) is 5.75 Å². The molecule has 2 N–H and O–H groups in total. The van der Waals surface area contributed by atoms with Gasteiger partial charge in [-0.3, -0.25) is 14.5 Å². The lowest BCUT2D eigenvalue weighted by atomic mass is 9.81. The number of rotatable bonds is 8. The second-order valence-electron chi connectivity index (χ2n) is 13.0. The van der Waals surface area contributed by atoms with Crippen molar-refractivity contribution in [2.45, 2.75) is 51.0 Å². The molecule has 3 aliphatic rings. The van der Waals surface area contributed by atoms with E-state index in [4.69, 9.17) is 4.74 Å². The molecular formula is C34H45N5O6S. The molecule has 1 aliphatic carbocycles. The number of β-amino-alcohol motifs (C(OH)–C–C–N with tert-alkyl or cyclic N) is 1. The van der Waals surface area contributed by atoms with Gasteiger partial charge in [0.2, 0.25) is 5.91 Å². The lowest BCUT2D eigenvalue weighted by molar-refractivity contribution is -0.137. The van der Waals surface area contributed by atoms with E-state index in [9.17, 15) is 23.1 Å². The first kappa shape index (κ1) is 32.5. The number of nitrogens with one attached hydrogen (secondary N) is 1. The van der Waals surface area contributed by atoms with Crippen molar-refractivity contribution in [3.8, 4) is 17.0 Å². The first-order valence-electron chi connectivity index (χ1n) is 16.3. The van der Waals surface area contributed by atoms with Gasteiger partial charge in [-0.2, -0.15) is 12.7 Å². The van der Waals surface area contributed by atoms with Crippen LogP contribution in [0, 0.1) is 5.92 Å². The Labute approximate surface area is 271 Å². The molecule has 12 heteroatoms. The summed E-state index contributed by atoms with van der Waals surface area (Å²) in [5.41, 5.74) is 5.54. The Bertz CT molecular complexity index is 1720. The van der Waals surface area contributed by atoms with Crippen molar-refractivity contribution in [1.82, 2.24) is 23.4 Å². The van der Waals surface area contributed by atoms with Crippen molar-refractivity contribution in [2.24, 2.45) is 5.92 Å². The number of carbonyl (C=O) groups excluding carboxylic acids is 2. The highest BCUT2D eigenvalue weighted by atomic mass is 32.2. The maximum absolute atomic E-state index is 14.3. The fraction of sp³-hybridized carbons (Fsp3) is 0.529. The summed E-state index contributed by atoms with van der Waals surface area (Å²) in [6, 6.07) is 11.6. The van der Waals surface area contributed by atoms with Gasteiger partial charge in [-0.05, 0) is 66.6 Å². The number of fused-ring (bicyclic) bond motifs is 5. The van der Waals surface area contributed by atoms with Gasteiger partial charge < -0.3 is 19.3 Å². The van der Waals surface area contributed by atoms with E-state index in [0.717, 1.165) is 76.6 Å². The van der Waals surface area contributed by atoms with Crippen LogP contribution in [0.25, 0.3) is 22.2 Å². The maximum atomic E-state index is 14.3. The molecule has 3 aromatic rings. The fourth-order valence-corrected chi connectivity index (χ4v) is 8.01. The van der Waals surface area contributed by atoms with E-state index in [1.165, 1.54) is 26.1 Å². The van der Waals surface area contributed by atoms with Gasteiger partial charge in [0.05, 0.1) is 25.3 Å². The zero-order valence-corrected chi connectivity index (χ0v) is 27.8. The van der Waals surface area contributed by atoms with Gasteiger partial charge in [0, 0.05) is 75.4 Å². The second kappa shape index (κ2) is 13.3. The molecule has 0 radical (unpaired) electrons. The summed E-state index contributed by atoms with van der Waals surface area (Å²) in [4.78, 5) is 31.6. The van der Waals surface area contributed by atoms with E-state index < -0.39 is 16.1 Å². The molecular weight excluding hydrogens is 606 g/mol. The largest absolute Gasteiger partial charge is 0.497 e. The lowest BCUT2D eigenvalue weighted by Crippen LogP contribution is -2.51. The minimum Gasteiger partial charge on any atom is -0.497 e. The number of aromatic nitrogens is 1. The number of hydrogen-bond acceptors (Lipinski definition) is 7. The summed E-state index contributed by atoms with van der Waals surface area (Å²) in [5.74, 6) is 0.128. The number of amides is 2. The smallest absolute Gasteiger partial charge is 0.303 e. The SMILES string of the molecule is COc1ccc2c(c1)CC(C(=O)N1CCN(CCO)CC1)Cn1c-2c(C2CCCCC2)c2ccc(C(=O)NS(=O)(=O)N(C)C)cc21. The maximum Gasteiger partial charge on any atom is 0.303 e. The summed E-state index contributed by atoms with van der Waals surface area (Å²) in [7, 11) is 0.427. The molecule has 2 amide bonds. The molecule has 6 rings (SSSR count). The van der Waals surface area contributed by atoms with Crippen LogP contribution in [0.3, 0.4) is 0 Å². The van der Waals surface area contributed by atoms with Crippen LogP contribution < -0.4 is 9.46 Å². The highest BCUT2D eigenvalue weighted by Crippen LogP contribution is 2.47. The van der Waals surface area contributed by atoms with Gasteiger partial charge in [0.15, 0.2) is 0 Å². The molecule has 2 aliphatic heterocycles. The number of benzene rings is 2.